The van der Waals surface area contributed by atoms with E-state index >= 15 is 0 Å². The maximum Gasteiger partial charge on any atom is 0.159 e. The third kappa shape index (κ3) is 4.93. The number of thiophene rings is 1. The van der Waals surface area contributed by atoms with Crippen molar-refractivity contribution in [2.24, 2.45) is 0 Å². The highest BCUT2D eigenvalue weighted by atomic mass is 32.1. The molecule has 0 fully saturated rings. The number of para-hydroxylation sites is 2. The number of rotatable bonds is 6. The first-order valence-electron chi connectivity index (χ1n) is 17.3. The van der Waals surface area contributed by atoms with E-state index in [9.17, 15) is 0 Å². The third-order valence-electron chi connectivity index (χ3n) is 9.90. The number of nitrogens with zero attached hydrogens (tertiary/aromatic N) is 1. The van der Waals surface area contributed by atoms with E-state index in [1.54, 1.807) is 0 Å². The van der Waals surface area contributed by atoms with Crippen LogP contribution in [0, 0.1) is 0 Å². The molecule has 51 heavy (non-hydrogen) atoms. The Kier molecular flexibility index (Phi) is 7.04. The number of fused-ring (bicyclic) bond motifs is 6. The highest BCUT2D eigenvalue weighted by Gasteiger charge is 2.23. The van der Waals surface area contributed by atoms with E-state index in [1.165, 1.54) is 42.4 Å². The van der Waals surface area contributed by atoms with Crippen molar-refractivity contribution in [2.45, 2.75) is 0 Å². The maximum atomic E-state index is 6.99. The number of hydrogen-bond donors (Lipinski definition) is 0. The summed E-state index contributed by atoms with van der Waals surface area (Å²) in [5.74, 6) is 0. The summed E-state index contributed by atoms with van der Waals surface area (Å²) in [6.45, 7) is 0. The molecule has 8 aromatic carbocycles. The van der Waals surface area contributed by atoms with Crippen LogP contribution in [0.25, 0.3) is 75.5 Å². The summed E-state index contributed by atoms with van der Waals surface area (Å²) in [5, 5.41) is 4.71. The van der Waals surface area contributed by atoms with Gasteiger partial charge >= 0.3 is 0 Å². The molecule has 0 aliphatic heterocycles. The minimum absolute atomic E-state index is 0.867. The predicted molar refractivity (Wildman–Crippen MR) is 218 cm³/mol. The van der Waals surface area contributed by atoms with Gasteiger partial charge in [-0.2, -0.15) is 0 Å². The van der Waals surface area contributed by atoms with Gasteiger partial charge in [0.25, 0.3) is 0 Å². The van der Waals surface area contributed by atoms with Crippen molar-refractivity contribution in [2.75, 3.05) is 4.90 Å². The number of hydrogen-bond acceptors (Lipinski definition) is 3. The van der Waals surface area contributed by atoms with Crippen molar-refractivity contribution in [1.82, 2.24) is 0 Å². The normalized spacial score (nSPS) is 11.5. The summed E-state index contributed by atoms with van der Waals surface area (Å²) >= 11 is 1.84. The van der Waals surface area contributed by atoms with Crippen LogP contribution >= 0.6 is 11.3 Å². The molecule has 0 aliphatic carbocycles. The van der Waals surface area contributed by atoms with Crippen molar-refractivity contribution >= 4 is 70.5 Å². The molecule has 0 N–H and O–H groups in total. The molecular weight excluding hydrogens is 639 g/mol. The van der Waals surface area contributed by atoms with Crippen molar-refractivity contribution in [3.8, 4) is 33.4 Å². The minimum atomic E-state index is 0.867. The lowest BCUT2D eigenvalue weighted by molar-refractivity contribution is 0.670. The van der Waals surface area contributed by atoms with Gasteiger partial charge < -0.3 is 9.32 Å². The lowest BCUT2D eigenvalue weighted by Crippen LogP contribution is -2.10. The number of benzene rings is 8. The fourth-order valence-electron chi connectivity index (χ4n) is 7.57. The number of anilines is 3. The van der Waals surface area contributed by atoms with Crippen LogP contribution in [0.3, 0.4) is 0 Å². The molecule has 0 amide bonds. The van der Waals surface area contributed by atoms with Crippen LogP contribution in [-0.4, -0.2) is 0 Å². The molecular formula is C48H31NOS. The smallest absolute Gasteiger partial charge is 0.159 e. The molecule has 10 rings (SSSR count). The molecule has 0 aliphatic rings. The van der Waals surface area contributed by atoms with E-state index in [0.717, 1.165) is 50.1 Å². The Hall–Kier alpha value is -6.42. The molecule has 3 heteroatoms. The summed E-state index contributed by atoms with van der Waals surface area (Å²) in [5.41, 5.74) is 12.0. The van der Waals surface area contributed by atoms with Gasteiger partial charge in [0.1, 0.15) is 5.58 Å². The zero-order chi connectivity index (χ0) is 33.7. The van der Waals surface area contributed by atoms with E-state index in [4.69, 9.17) is 4.42 Å². The summed E-state index contributed by atoms with van der Waals surface area (Å²) < 4.78 is 9.53. The predicted octanol–water partition coefficient (Wildman–Crippen LogP) is 14.4. The summed E-state index contributed by atoms with van der Waals surface area (Å²) in [6.07, 6.45) is 0. The van der Waals surface area contributed by atoms with Gasteiger partial charge in [-0.25, -0.2) is 0 Å². The van der Waals surface area contributed by atoms with Gasteiger partial charge in [0.2, 0.25) is 0 Å². The standard InChI is InChI=1S/C48H31NOS/c1-3-14-32(15-4-1)36-18-7-8-19-37(36)34-28-30-35(31-29-34)49(42-24-13-27-45-46(42)41-20-9-10-26-44(41)51-45)43-25-12-23-40-39-22-11-21-38(47(39)50-48(40)43)33-16-5-2-6-17-33/h1-31H. The lowest BCUT2D eigenvalue weighted by Gasteiger charge is -2.27. The molecule has 0 spiro atoms. The molecule has 0 radical (unpaired) electrons. The second-order valence-electron chi connectivity index (χ2n) is 12.8. The van der Waals surface area contributed by atoms with E-state index in [2.05, 4.69) is 193 Å². The monoisotopic (exact) mass is 669 g/mol. The Morgan fingerprint density at radius 3 is 1.61 bits per heavy atom. The largest absolute Gasteiger partial charge is 0.453 e. The highest BCUT2D eigenvalue weighted by molar-refractivity contribution is 7.26. The molecule has 0 unspecified atom stereocenters. The van der Waals surface area contributed by atoms with Crippen LogP contribution in [-0.2, 0) is 0 Å². The molecule has 10 aromatic rings. The van der Waals surface area contributed by atoms with Gasteiger partial charge in [-0.05, 0) is 64.2 Å². The first-order valence-corrected chi connectivity index (χ1v) is 18.1. The molecule has 2 heterocycles. The first kappa shape index (κ1) is 29.5. The maximum absolute atomic E-state index is 6.99. The average Bonchev–Trinajstić information content (AvgIpc) is 3.79. The Balaban J connectivity index is 1.21. The number of furan rings is 1. The Labute approximate surface area is 300 Å². The minimum Gasteiger partial charge on any atom is -0.453 e. The highest BCUT2D eigenvalue weighted by Crippen LogP contribution is 2.48. The van der Waals surface area contributed by atoms with E-state index in [1.807, 2.05) is 11.3 Å². The third-order valence-corrected chi connectivity index (χ3v) is 11.0. The van der Waals surface area contributed by atoms with Gasteiger partial charge in [-0.15, -0.1) is 11.3 Å². The molecule has 240 valence electrons. The summed E-state index contributed by atoms with van der Waals surface area (Å²) in [6, 6.07) is 67.2. The van der Waals surface area contributed by atoms with Gasteiger partial charge in [0, 0.05) is 42.2 Å². The van der Waals surface area contributed by atoms with Crippen molar-refractivity contribution in [1.29, 1.82) is 0 Å². The zero-order valence-corrected chi connectivity index (χ0v) is 28.5. The Bertz CT molecular complexity index is 2850. The molecule has 0 saturated carbocycles. The van der Waals surface area contributed by atoms with Gasteiger partial charge in [0.15, 0.2) is 5.58 Å². The van der Waals surface area contributed by atoms with Crippen molar-refractivity contribution in [3.05, 3.63) is 188 Å². The second kappa shape index (κ2) is 12.2. The van der Waals surface area contributed by atoms with Crippen molar-refractivity contribution in [3.63, 3.8) is 0 Å². The van der Waals surface area contributed by atoms with Crippen LogP contribution in [0.15, 0.2) is 192 Å². The van der Waals surface area contributed by atoms with Crippen LogP contribution in [0.1, 0.15) is 0 Å². The van der Waals surface area contributed by atoms with Crippen LogP contribution in [0.2, 0.25) is 0 Å². The quantitative estimate of drug-likeness (QED) is 0.175. The fourth-order valence-corrected chi connectivity index (χ4v) is 8.70. The molecule has 0 bridgehead atoms. The first-order chi connectivity index (χ1) is 25.3. The molecule has 0 atom stereocenters. The summed E-state index contributed by atoms with van der Waals surface area (Å²) in [4.78, 5) is 2.39. The van der Waals surface area contributed by atoms with Crippen LogP contribution in [0.5, 0.6) is 0 Å². The summed E-state index contributed by atoms with van der Waals surface area (Å²) in [7, 11) is 0. The van der Waals surface area contributed by atoms with Crippen LogP contribution < -0.4 is 4.90 Å². The van der Waals surface area contributed by atoms with E-state index < -0.39 is 0 Å². The van der Waals surface area contributed by atoms with E-state index in [0.29, 0.717) is 0 Å². The SMILES string of the molecule is c1ccc(-c2ccccc2-c2ccc(N(c3cccc4c3oc3c(-c5ccccc5)cccc34)c3cccc4sc5ccccc5c34)cc2)cc1. The average molecular weight is 670 g/mol. The van der Waals surface area contributed by atoms with Gasteiger partial charge in [-0.3, -0.25) is 0 Å². The lowest BCUT2D eigenvalue weighted by atomic mass is 9.94. The van der Waals surface area contributed by atoms with Crippen LogP contribution in [0.4, 0.5) is 17.1 Å². The Morgan fingerprint density at radius 2 is 0.863 bits per heavy atom. The molecule has 0 saturated heterocycles. The fraction of sp³-hybridized carbons (Fsp3) is 0. The Morgan fingerprint density at radius 1 is 0.353 bits per heavy atom. The van der Waals surface area contributed by atoms with Gasteiger partial charge in [-0.1, -0.05) is 152 Å². The van der Waals surface area contributed by atoms with Gasteiger partial charge in [0.05, 0.1) is 11.4 Å². The molecule has 2 aromatic heterocycles. The zero-order valence-electron chi connectivity index (χ0n) is 27.7. The topological polar surface area (TPSA) is 16.4 Å². The molecule has 2 nitrogen and oxygen atoms in total. The second-order valence-corrected chi connectivity index (χ2v) is 13.9. The van der Waals surface area contributed by atoms with Crippen molar-refractivity contribution < 1.29 is 4.42 Å². The van der Waals surface area contributed by atoms with E-state index in [-0.39, 0.29) is 0 Å².